The third-order valence-corrected chi connectivity index (χ3v) is 4.58. The van der Waals surface area contributed by atoms with E-state index in [2.05, 4.69) is 10.6 Å². The Labute approximate surface area is 144 Å². The monoisotopic (exact) mass is 349 g/mol. The minimum atomic E-state index is -0.727. The molecule has 1 aliphatic heterocycles. The second-order valence-electron chi connectivity index (χ2n) is 5.70. The maximum Gasteiger partial charge on any atom is 0.286 e. The van der Waals surface area contributed by atoms with Crippen LogP contribution in [0.1, 0.15) is 17.5 Å². The van der Waals surface area contributed by atoms with Crippen molar-refractivity contribution in [3.63, 3.8) is 0 Å². The van der Waals surface area contributed by atoms with Crippen molar-refractivity contribution in [1.82, 2.24) is 10.2 Å². The van der Waals surface area contributed by atoms with E-state index in [1.54, 1.807) is 0 Å². The number of hydrogen-bond acceptors (Lipinski definition) is 5. The van der Waals surface area contributed by atoms with E-state index in [4.69, 9.17) is 0 Å². The van der Waals surface area contributed by atoms with Crippen LogP contribution < -0.4 is 10.6 Å². The van der Waals surface area contributed by atoms with E-state index in [1.165, 1.54) is 11.9 Å². The Morgan fingerprint density at radius 3 is 2.62 bits per heavy atom. The van der Waals surface area contributed by atoms with E-state index in [-0.39, 0.29) is 24.8 Å². The van der Waals surface area contributed by atoms with Crippen LogP contribution in [0.25, 0.3) is 0 Å². The number of thioether (sulfide) groups is 1. The number of likely N-dealkylation sites (N-methyl/N-ethyl adjacent to an activating group) is 1. The summed E-state index contributed by atoms with van der Waals surface area (Å²) in [6, 6.07) is 5.72. The number of carbonyl (C=O) groups excluding carboxylic acids is 4. The van der Waals surface area contributed by atoms with Gasteiger partial charge in [0.1, 0.15) is 5.25 Å². The van der Waals surface area contributed by atoms with Crippen molar-refractivity contribution in [2.45, 2.75) is 25.5 Å². The highest BCUT2D eigenvalue weighted by atomic mass is 32.2. The zero-order valence-corrected chi connectivity index (χ0v) is 14.5. The predicted octanol–water partition coefficient (Wildman–Crippen LogP) is 1.44. The highest BCUT2D eigenvalue weighted by molar-refractivity contribution is 8.15. The number of rotatable bonds is 5. The van der Waals surface area contributed by atoms with Gasteiger partial charge in [-0.15, -0.1) is 0 Å². The second-order valence-corrected chi connectivity index (χ2v) is 6.88. The average Bonchev–Trinajstić information content (AvgIpc) is 2.80. The van der Waals surface area contributed by atoms with Crippen LogP contribution in [0.4, 0.5) is 10.5 Å². The predicted molar refractivity (Wildman–Crippen MR) is 91.7 cm³/mol. The molecule has 1 saturated heterocycles. The summed E-state index contributed by atoms with van der Waals surface area (Å²) in [5, 5.41) is 3.73. The molecular weight excluding hydrogens is 330 g/mol. The summed E-state index contributed by atoms with van der Waals surface area (Å²) in [7, 11) is 1.49. The van der Waals surface area contributed by atoms with E-state index in [9.17, 15) is 19.2 Å². The van der Waals surface area contributed by atoms with Crippen molar-refractivity contribution in [3.8, 4) is 0 Å². The van der Waals surface area contributed by atoms with Crippen molar-refractivity contribution in [1.29, 1.82) is 0 Å². The SMILES string of the molecule is Cc1ccc(C)c(NC(=O)CN(C)C(=O)C[C@H]2SC(=O)NC2=O)c1. The lowest BCUT2D eigenvalue weighted by atomic mass is 10.1. The quantitative estimate of drug-likeness (QED) is 0.839. The first-order valence-corrected chi connectivity index (χ1v) is 8.27. The van der Waals surface area contributed by atoms with Crippen LogP contribution in [-0.4, -0.2) is 46.7 Å². The molecule has 0 aliphatic carbocycles. The van der Waals surface area contributed by atoms with Crippen LogP contribution in [0.5, 0.6) is 0 Å². The standard InChI is InChI=1S/C16H19N3O4S/c1-9-4-5-10(2)11(6-9)17-13(20)8-19(3)14(21)7-12-15(22)18-16(23)24-12/h4-6,12H,7-8H2,1-3H3,(H,17,20)(H,18,22,23)/t12-/m1/s1. The molecule has 1 aliphatic rings. The molecule has 1 aromatic carbocycles. The number of hydrogen-bond donors (Lipinski definition) is 2. The topological polar surface area (TPSA) is 95.6 Å². The zero-order valence-electron chi connectivity index (χ0n) is 13.7. The van der Waals surface area contributed by atoms with E-state index in [1.807, 2.05) is 32.0 Å². The smallest absolute Gasteiger partial charge is 0.286 e. The Morgan fingerprint density at radius 2 is 2.00 bits per heavy atom. The van der Waals surface area contributed by atoms with Gasteiger partial charge in [0.2, 0.25) is 17.7 Å². The molecular formula is C16H19N3O4S. The Morgan fingerprint density at radius 1 is 1.29 bits per heavy atom. The fourth-order valence-electron chi connectivity index (χ4n) is 2.21. The first-order chi connectivity index (χ1) is 11.3. The zero-order chi connectivity index (χ0) is 17.9. The molecule has 4 amide bonds. The molecule has 0 radical (unpaired) electrons. The summed E-state index contributed by atoms with van der Waals surface area (Å²) < 4.78 is 0. The Kier molecular flexibility index (Phi) is 5.61. The van der Waals surface area contributed by atoms with Gasteiger partial charge in [0, 0.05) is 19.2 Å². The molecule has 24 heavy (non-hydrogen) atoms. The van der Waals surface area contributed by atoms with E-state index in [0.717, 1.165) is 22.9 Å². The molecule has 0 spiro atoms. The van der Waals surface area contributed by atoms with Gasteiger partial charge >= 0.3 is 0 Å². The van der Waals surface area contributed by atoms with Crippen LogP contribution >= 0.6 is 11.8 Å². The van der Waals surface area contributed by atoms with E-state index < -0.39 is 16.4 Å². The van der Waals surface area contributed by atoms with Crippen LogP contribution in [0, 0.1) is 13.8 Å². The van der Waals surface area contributed by atoms with Crippen LogP contribution in [-0.2, 0) is 14.4 Å². The molecule has 1 fully saturated rings. The van der Waals surface area contributed by atoms with Gasteiger partial charge in [0.05, 0.1) is 6.54 Å². The Hall–Kier alpha value is -2.35. The fraction of sp³-hybridized carbons (Fsp3) is 0.375. The number of nitrogens with one attached hydrogen (secondary N) is 2. The Balaban J connectivity index is 1.89. The lowest BCUT2D eigenvalue weighted by Gasteiger charge is -2.18. The summed E-state index contributed by atoms with van der Waals surface area (Å²) in [6.07, 6.45) is -0.116. The van der Waals surface area contributed by atoms with Crippen LogP contribution in [0.2, 0.25) is 0 Å². The maximum absolute atomic E-state index is 12.1. The average molecular weight is 349 g/mol. The van der Waals surface area contributed by atoms with Gasteiger partial charge in [-0.1, -0.05) is 23.9 Å². The van der Waals surface area contributed by atoms with Gasteiger partial charge in [0.25, 0.3) is 5.24 Å². The number of amides is 4. The molecule has 1 aromatic rings. The number of carbonyl (C=O) groups is 4. The molecule has 0 saturated carbocycles. The van der Waals surface area contributed by atoms with Gasteiger partial charge in [-0.2, -0.15) is 0 Å². The molecule has 0 unspecified atom stereocenters. The molecule has 2 N–H and O–H groups in total. The van der Waals surface area contributed by atoms with Crippen molar-refractivity contribution in [3.05, 3.63) is 29.3 Å². The van der Waals surface area contributed by atoms with Gasteiger partial charge in [-0.3, -0.25) is 24.5 Å². The molecule has 1 heterocycles. The maximum atomic E-state index is 12.1. The second kappa shape index (κ2) is 7.48. The first-order valence-electron chi connectivity index (χ1n) is 7.39. The molecule has 7 nitrogen and oxygen atoms in total. The lowest BCUT2D eigenvalue weighted by Crippen LogP contribution is -2.37. The van der Waals surface area contributed by atoms with Crippen molar-refractivity contribution >= 4 is 40.4 Å². The van der Waals surface area contributed by atoms with Crippen molar-refractivity contribution in [2.24, 2.45) is 0 Å². The summed E-state index contributed by atoms with van der Waals surface area (Å²) in [4.78, 5) is 48.0. The number of anilines is 1. The molecule has 0 aromatic heterocycles. The highest BCUT2D eigenvalue weighted by Gasteiger charge is 2.34. The minimum absolute atomic E-state index is 0.116. The molecule has 1 atom stereocenters. The molecule has 0 bridgehead atoms. The third kappa shape index (κ3) is 4.58. The summed E-state index contributed by atoms with van der Waals surface area (Å²) >= 11 is 0.797. The number of aryl methyl sites for hydroxylation is 2. The summed E-state index contributed by atoms with van der Waals surface area (Å²) in [6.45, 7) is 3.69. The van der Waals surface area contributed by atoms with Gasteiger partial charge in [-0.25, -0.2) is 0 Å². The summed E-state index contributed by atoms with van der Waals surface area (Å²) in [5.74, 6) is -1.15. The van der Waals surface area contributed by atoms with Crippen molar-refractivity contribution in [2.75, 3.05) is 18.9 Å². The number of benzene rings is 1. The van der Waals surface area contributed by atoms with Gasteiger partial charge in [0.15, 0.2) is 0 Å². The van der Waals surface area contributed by atoms with Crippen LogP contribution in [0.3, 0.4) is 0 Å². The highest BCUT2D eigenvalue weighted by Crippen LogP contribution is 2.22. The van der Waals surface area contributed by atoms with E-state index >= 15 is 0 Å². The molecule has 2 rings (SSSR count). The summed E-state index contributed by atoms with van der Waals surface area (Å²) in [5.41, 5.74) is 2.66. The van der Waals surface area contributed by atoms with Crippen LogP contribution in [0.15, 0.2) is 18.2 Å². The van der Waals surface area contributed by atoms with Gasteiger partial charge in [-0.05, 0) is 31.0 Å². The lowest BCUT2D eigenvalue weighted by molar-refractivity contribution is -0.134. The number of imide groups is 1. The van der Waals surface area contributed by atoms with Gasteiger partial charge < -0.3 is 10.2 Å². The fourth-order valence-corrected chi connectivity index (χ4v) is 3.02. The molecule has 128 valence electrons. The minimum Gasteiger partial charge on any atom is -0.336 e. The third-order valence-electron chi connectivity index (χ3n) is 3.60. The molecule has 8 heteroatoms. The number of nitrogens with zero attached hydrogens (tertiary/aromatic N) is 1. The van der Waals surface area contributed by atoms with Crippen molar-refractivity contribution < 1.29 is 19.2 Å². The normalized spacial score (nSPS) is 16.7. The Bertz CT molecular complexity index is 705. The first kappa shape index (κ1) is 18.0. The van der Waals surface area contributed by atoms with E-state index in [0.29, 0.717) is 5.69 Å². The largest absolute Gasteiger partial charge is 0.336 e.